The molecule has 0 spiro atoms. The molecule has 0 aliphatic rings. The van der Waals surface area contributed by atoms with Crippen molar-refractivity contribution in [1.82, 2.24) is 4.98 Å². The van der Waals surface area contributed by atoms with E-state index in [9.17, 15) is 0 Å². The van der Waals surface area contributed by atoms with Crippen LogP contribution in [0.3, 0.4) is 0 Å². The number of halogens is 2. The lowest BCUT2D eigenvalue weighted by atomic mass is 9.84. The monoisotopic (exact) mass is 232 g/mol. The van der Waals surface area contributed by atoms with Crippen LogP contribution in [0.25, 0.3) is 0 Å². The molecule has 0 aliphatic heterocycles. The van der Waals surface area contributed by atoms with Gasteiger partial charge in [0, 0.05) is 11.6 Å². The van der Waals surface area contributed by atoms with Gasteiger partial charge < -0.3 is 5.73 Å². The van der Waals surface area contributed by atoms with Gasteiger partial charge >= 0.3 is 0 Å². The Bertz CT molecular complexity index is 331. The summed E-state index contributed by atoms with van der Waals surface area (Å²) in [4.78, 5) is 3.96. The first-order valence-electron chi connectivity index (χ1n) is 4.40. The number of nitrogens with zero attached hydrogens (tertiary/aromatic N) is 1. The Morgan fingerprint density at radius 2 is 1.86 bits per heavy atom. The van der Waals surface area contributed by atoms with Gasteiger partial charge in [0.15, 0.2) is 0 Å². The van der Waals surface area contributed by atoms with Gasteiger partial charge in [-0.3, -0.25) is 0 Å². The van der Waals surface area contributed by atoms with Gasteiger partial charge in [-0.2, -0.15) is 0 Å². The van der Waals surface area contributed by atoms with Gasteiger partial charge in [0.2, 0.25) is 0 Å². The standard InChI is InChI=1S/C10H14Cl2N2/c1-10(2,3)8(13)6-4-5-7(11)14-9(6)12/h4-5,8H,13H2,1-3H3/t8-/m1/s1. The summed E-state index contributed by atoms with van der Waals surface area (Å²) < 4.78 is 0. The molecule has 0 aromatic carbocycles. The summed E-state index contributed by atoms with van der Waals surface area (Å²) in [5.41, 5.74) is 6.85. The summed E-state index contributed by atoms with van der Waals surface area (Å²) in [6.45, 7) is 6.17. The third-order valence-corrected chi connectivity index (χ3v) is 2.62. The highest BCUT2D eigenvalue weighted by atomic mass is 35.5. The Balaban J connectivity index is 3.08. The van der Waals surface area contributed by atoms with Crippen LogP contribution < -0.4 is 5.73 Å². The third kappa shape index (κ3) is 2.59. The molecule has 0 fully saturated rings. The predicted molar refractivity (Wildman–Crippen MR) is 60.6 cm³/mol. The Morgan fingerprint density at radius 3 is 2.29 bits per heavy atom. The van der Waals surface area contributed by atoms with E-state index in [4.69, 9.17) is 28.9 Å². The minimum Gasteiger partial charge on any atom is -0.323 e. The lowest BCUT2D eigenvalue weighted by Crippen LogP contribution is -2.26. The summed E-state index contributed by atoms with van der Waals surface area (Å²) in [5, 5.41) is 0.778. The molecule has 0 aliphatic carbocycles. The van der Waals surface area contributed by atoms with E-state index in [0.29, 0.717) is 10.3 Å². The lowest BCUT2D eigenvalue weighted by molar-refractivity contribution is 0.326. The second-order valence-corrected chi connectivity index (χ2v) is 5.10. The number of pyridine rings is 1. The van der Waals surface area contributed by atoms with Gasteiger partial charge in [-0.25, -0.2) is 4.98 Å². The average Bonchev–Trinajstić information content (AvgIpc) is 2.01. The van der Waals surface area contributed by atoms with E-state index in [1.54, 1.807) is 6.07 Å². The van der Waals surface area contributed by atoms with Crippen LogP contribution in [0.4, 0.5) is 0 Å². The number of nitrogens with two attached hydrogens (primary N) is 1. The fraction of sp³-hybridized carbons (Fsp3) is 0.500. The Kier molecular flexibility index (Phi) is 3.40. The second kappa shape index (κ2) is 4.05. The average molecular weight is 233 g/mol. The molecule has 0 saturated heterocycles. The van der Waals surface area contributed by atoms with Crippen LogP contribution in [0.2, 0.25) is 10.3 Å². The van der Waals surface area contributed by atoms with Crippen molar-refractivity contribution in [3.63, 3.8) is 0 Å². The van der Waals surface area contributed by atoms with E-state index in [1.807, 2.05) is 6.07 Å². The molecule has 1 aromatic rings. The van der Waals surface area contributed by atoms with Crippen LogP contribution in [-0.2, 0) is 0 Å². The molecule has 4 heteroatoms. The van der Waals surface area contributed by atoms with Crippen molar-refractivity contribution in [2.45, 2.75) is 26.8 Å². The zero-order valence-electron chi connectivity index (χ0n) is 8.51. The molecule has 2 N–H and O–H groups in total. The van der Waals surface area contributed by atoms with Crippen LogP contribution in [0, 0.1) is 5.41 Å². The van der Waals surface area contributed by atoms with Crippen LogP contribution in [0.15, 0.2) is 12.1 Å². The van der Waals surface area contributed by atoms with Crippen molar-refractivity contribution in [2.75, 3.05) is 0 Å². The summed E-state index contributed by atoms with van der Waals surface area (Å²) in [6, 6.07) is 3.39. The topological polar surface area (TPSA) is 38.9 Å². The normalized spacial score (nSPS) is 14.1. The van der Waals surface area contributed by atoms with Gasteiger partial charge in [-0.15, -0.1) is 0 Å². The summed E-state index contributed by atoms with van der Waals surface area (Å²) >= 11 is 11.7. The fourth-order valence-corrected chi connectivity index (χ4v) is 1.58. The maximum atomic E-state index is 6.06. The first-order chi connectivity index (χ1) is 6.32. The number of hydrogen-bond acceptors (Lipinski definition) is 2. The molecule has 0 bridgehead atoms. The molecule has 1 rings (SSSR count). The number of aromatic nitrogens is 1. The Labute approximate surface area is 94.4 Å². The molecule has 1 heterocycles. The van der Waals surface area contributed by atoms with E-state index in [1.165, 1.54) is 0 Å². The molecule has 14 heavy (non-hydrogen) atoms. The van der Waals surface area contributed by atoms with Crippen LogP contribution in [0.1, 0.15) is 32.4 Å². The van der Waals surface area contributed by atoms with Crippen molar-refractivity contribution in [3.05, 3.63) is 28.0 Å². The molecular weight excluding hydrogens is 219 g/mol. The molecule has 1 atom stereocenters. The minimum atomic E-state index is -0.139. The zero-order chi connectivity index (χ0) is 10.9. The molecule has 1 aromatic heterocycles. The Hall–Kier alpha value is -0.310. The van der Waals surface area contributed by atoms with Crippen molar-refractivity contribution in [2.24, 2.45) is 11.1 Å². The highest BCUT2D eigenvalue weighted by Crippen LogP contribution is 2.33. The first-order valence-corrected chi connectivity index (χ1v) is 5.15. The molecule has 0 radical (unpaired) electrons. The van der Waals surface area contributed by atoms with E-state index >= 15 is 0 Å². The van der Waals surface area contributed by atoms with Gasteiger partial charge in [0.05, 0.1) is 0 Å². The van der Waals surface area contributed by atoms with E-state index in [-0.39, 0.29) is 11.5 Å². The zero-order valence-corrected chi connectivity index (χ0v) is 10.0. The molecular formula is C10H14Cl2N2. The van der Waals surface area contributed by atoms with E-state index < -0.39 is 0 Å². The van der Waals surface area contributed by atoms with Crippen LogP contribution in [-0.4, -0.2) is 4.98 Å². The second-order valence-electron chi connectivity index (χ2n) is 4.36. The van der Waals surface area contributed by atoms with Gasteiger partial charge in [-0.05, 0) is 11.5 Å². The molecule has 0 amide bonds. The lowest BCUT2D eigenvalue weighted by Gasteiger charge is -2.27. The van der Waals surface area contributed by atoms with E-state index in [0.717, 1.165) is 5.56 Å². The summed E-state index contributed by atoms with van der Waals surface area (Å²) in [5.74, 6) is 0. The highest BCUT2D eigenvalue weighted by Gasteiger charge is 2.24. The van der Waals surface area contributed by atoms with Crippen molar-refractivity contribution >= 4 is 23.2 Å². The maximum Gasteiger partial charge on any atom is 0.135 e. The van der Waals surface area contributed by atoms with Crippen LogP contribution >= 0.6 is 23.2 Å². The summed E-state index contributed by atoms with van der Waals surface area (Å²) in [7, 11) is 0. The third-order valence-electron chi connectivity index (χ3n) is 2.11. The SMILES string of the molecule is CC(C)(C)[C@H](N)c1ccc(Cl)nc1Cl. The smallest absolute Gasteiger partial charge is 0.135 e. The Morgan fingerprint density at radius 1 is 1.29 bits per heavy atom. The fourth-order valence-electron chi connectivity index (χ4n) is 1.12. The van der Waals surface area contributed by atoms with Gasteiger partial charge in [0.25, 0.3) is 0 Å². The van der Waals surface area contributed by atoms with Crippen molar-refractivity contribution < 1.29 is 0 Å². The van der Waals surface area contributed by atoms with Gasteiger partial charge in [-0.1, -0.05) is 50.0 Å². The van der Waals surface area contributed by atoms with Crippen molar-refractivity contribution in [3.8, 4) is 0 Å². The molecule has 0 saturated carbocycles. The van der Waals surface area contributed by atoms with E-state index in [2.05, 4.69) is 25.8 Å². The highest BCUT2D eigenvalue weighted by molar-refractivity contribution is 6.32. The maximum absolute atomic E-state index is 6.06. The first kappa shape index (κ1) is 11.8. The minimum absolute atomic E-state index is 0.0425. The van der Waals surface area contributed by atoms with Gasteiger partial charge in [0.1, 0.15) is 10.3 Å². The predicted octanol–water partition coefficient (Wildman–Crippen LogP) is 3.43. The largest absolute Gasteiger partial charge is 0.323 e. The molecule has 78 valence electrons. The summed E-state index contributed by atoms with van der Waals surface area (Å²) in [6.07, 6.45) is 0. The number of rotatable bonds is 1. The molecule has 0 unspecified atom stereocenters. The van der Waals surface area contributed by atoms with Crippen molar-refractivity contribution in [1.29, 1.82) is 0 Å². The molecule has 2 nitrogen and oxygen atoms in total. The quantitative estimate of drug-likeness (QED) is 0.754. The number of hydrogen-bond donors (Lipinski definition) is 1. The van der Waals surface area contributed by atoms with Crippen LogP contribution in [0.5, 0.6) is 0 Å².